The number of hydrogen-bond acceptors (Lipinski definition) is 4. The van der Waals surface area contributed by atoms with E-state index in [-0.39, 0.29) is 12.5 Å². The summed E-state index contributed by atoms with van der Waals surface area (Å²) in [7, 11) is 1.61. The number of aromatic nitrogens is 1. The second kappa shape index (κ2) is 6.85. The molecule has 0 fully saturated rings. The molecule has 5 heteroatoms. The molecule has 110 valence electrons. The van der Waals surface area contributed by atoms with Gasteiger partial charge in [0.15, 0.2) is 0 Å². The lowest BCUT2D eigenvalue weighted by molar-refractivity contribution is 0.0923. The van der Waals surface area contributed by atoms with E-state index in [4.69, 9.17) is 4.74 Å². The van der Waals surface area contributed by atoms with Gasteiger partial charge in [0, 0.05) is 24.5 Å². The molecule has 0 aliphatic carbocycles. The topological polar surface area (TPSA) is 71.5 Å². The number of carbonyl (C=O) groups excluding carboxylic acids is 1. The summed E-state index contributed by atoms with van der Waals surface area (Å²) >= 11 is 0. The van der Waals surface area contributed by atoms with Crippen molar-refractivity contribution in [3.63, 3.8) is 0 Å². The maximum absolute atomic E-state index is 12.0. The number of benzene rings is 1. The highest BCUT2D eigenvalue weighted by molar-refractivity contribution is 5.95. The van der Waals surface area contributed by atoms with Crippen LogP contribution < -0.4 is 10.1 Å². The zero-order chi connectivity index (χ0) is 15.2. The molecule has 2 aromatic rings. The summed E-state index contributed by atoms with van der Waals surface area (Å²) < 4.78 is 5.12. The lowest BCUT2D eigenvalue weighted by atomic mass is 10.1. The van der Waals surface area contributed by atoms with Gasteiger partial charge in [-0.05, 0) is 30.7 Å². The zero-order valence-electron chi connectivity index (χ0n) is 12.0. The molecular formula is C16H18N2O3. The standard InChI is InChI=1S/C16H18N2O3/c1-11(19)8-18-16(20)14-7-13(9-17-10-14)12-3-5-15(21-2)6-4-12/h3-7,9-11,19H,8H2,1-2H3,(H,18,20). The highest BCUT2D eigenvalue weighted by Gasteiger charge is 2.08. The SMILES string of the molecule is COc1ccc(-c2cncc(C(=O)NCC(C)O)c2)cc1. The van der Waals surface area contributed by atoms with Gasteiger partial charge < -0.3 is 15.2 Å². The van der Waals surface area contributed by atoms with Crippen LogP contribution in [0.3, 0.4) is 0 Å². The fraction of sp³-hybridized carbons (Fsp3) is 0.250. The van der Waals surface area contributed by atoms with Crippen LogP contribution in [0.2, 0.25) is 0 Å². The summed E-state index contributed by atoms with van der Waals surface area (Å²) in [6.07, 6.45) is 2.63. The van der Waals surface area contributed by atoms with Crippen LogP contribution in [0.1, 0.15) is 17.3 Å². The zero-order valence-corrected chi connectivity index (χ0v) is 12.0. The highest BCUT2D eigenvalue weighted by atomic mass is 16.5. The lowest BCUT2D eigenvalue weighted by Crippen LogP contribution is -2.30. The number of hydrogen-bond donors (Lipinski definition) is 2. The molecule has 0 aliphatic heterocycles. The van der Waals surface area contributed by atoms with E-state index in [9.17, 15) is 9.90 Å². The fourth-order valence-corrected chi connectivity index (χ4v) is 1.85. The number of aliphatic hydroxyl groups is 1. The fourth-order valence-electron chi connectivity index (χ4n) is 1.85. The number of rotatable bonds is 5. The van der Waals surface area contributed by atoms with Gasteiger partial charge in [-0.1, -0.05) is 12.1 Å². The summed E-state index contributed by atoms with van der Waals surface area (Å²) in [5.74, 6) is 0.524. The Bertz CT molecular complexity index is 609. The molecule has 1 atom stereocenters. The van der Waals surface area contributed by atoms with E-state index in [2.05, 4.69) is 10.3 Å². The molecule has 2 N–H and O–H groups in total. The maximum Gasteiger partial charge on any atom is 0.252 e. The van der Waals surface area contributed by atoms with Gasteiger partial charge in [-0.3, -0.25) is 9.78 Å². The Hall–Kier alpha value is -2.40. The highest BCUT2D eigenvalue weighted by Crippen LogP contribution is 2.22. The summed E-state index contributed by atoms with van der Waals surface area (Å²) in [5, 5.41) is 11.8. The molecule has 0 saturated carbocycles. The maximum atomic E-state index is 12.0. The molecule has 0 aliphatic rings. The van der Waals surface area contributed by atoms with Gasteiger partial charge in [0.05, 0.1) is 18.8 Å². The minimum atomic E-state index is -0.577. The number of nitrogens with one attached hydrogen (secondary N) is 1. The van der Waals surface area contributed by atoms with Gasteiger partial charge in [0.1, 0.15) is 5.75 Å². The Balaban J connectivity index is 2.18. The van der Waals surface area contributed by atoms with Crippen molar-refractivity contribution in [1.82, 2.24) is 10.3 Å². The predicted molar refractivity (Wildman–Crippen MR) is 80.2 cm³/mol. The van der Waals surface area contributed by atoms with Gasteiger partial charge >= 0.3 is 0 Å². The van der Waals surface area contributed by atoms with E-state index in [1.807, 2.05) is 24.3 Å². The molecule has 1 aromatic heterocycles. The molecule has 0 bridgehead atoms. The first-order valence-electron chi connectivity index (χ1n) is 6.66. The Kier molecular flexibility index (Phi) is 4.90. The minimum absolute atomic E-state index is 0.214. The summed E-state index contributed by atoms with van der Waals surface area (Å²) in [6, 6.07) is 9.30. The molecule has 1 unspecified atom stereocenters. The molecular weight excluding hydrogens is 268 g/mol. The number of nitrogens with zero attached hydrogens (tertiary/aromatic N) is 1. The van der Waals surface area contributed by atoms with Crippen LogP contribution in [0.5, 0.6) is 5.75 Å². The van der Waals surface area contributed by atoms with Gasteiger partial charge in [0.2, 0.25) is 0 Å². The second-order valence-corrected chi connectivity index (χ2v) is 4.75. The smallest absolute Gasteiger partial charge is 0.252 e. The van der Waals surface area contributed by atoms with Crippen molar-refractivity contribution in [3.8, 4) is 16.9 Å². The van der Waals surface area contributed by atoms with Gasteiger partial charge in [0.25, 0.3) is 5.91 Å². The minimum Gasteiger partial charge on any atom is -0.497 e. The van der Waals surface area contributed by atoms with Crippen molar-refractivity contribution in [2.75, 3.05) is 13.7 Å². The third-order valence-corrected chi connectivity index (χ3v) is 2.98. The van der Waals surface area contributed by atoms with Crippen LogP contribution >= 0.6 is 0 Å². The Morgan fingerprint density at radius 2 is 2.00 bits per heavy atom. The number of carbonyl (C=O) groups is 1. The normalized spacial score (nSPS) is 11.8. The quantitative estimate of drug-likeness (QED) is 0.880. The third kappa shape index (κ3) is 4.03. The number of methoxy groups -OCH3 is 1. The monoisotopic (exact) mass is 286 g/mol. The van der Waals surface area contributed by atoms with Crippen molar-refractivity contribution < 1.29 is 14.6 Å². The van der Waals surface area contributed by atoms with Crippen LogP contribution in [0.15, 0.2) is 42.7 Å². The molecule has 0 saturated heterocycles. The Morgan fingerprint density at radius 1 is 1.29 bits per heavy atom. The number of aliphatic hydroxyl groups excluding tert-OH is 1. The average molecular weight is 286 g/mol. The van der Waals surface area contributed by atoms with Crippen molar-refractivity contribution in [2.45, 2.75) is 13.0 Å². The van der Waals surface area contributed by atoms with Crippen molar-refractivity contribution in [1.29, 1.82) is 0 Å². The Morgan fingerprint density at radius 3 is 2.62 bits per heavy atom. The van der Waals surface area contributed by atoms with Crippen LogP contribution in [-0.2, 0) is 0 Å². The van der Waals surface area contributed by atoms with E-state index < -0.39 is 6.10 Å². The first-order chi connectivity index (χ1) is 10.1. The van der Waals surface area contributed by atoms with Gasteiger partial charge in [-0.25, -0.2) is 0 Å². The molecule has 2 rings (SSSR count). The molecule has 1 amide bonds. The van der Waals surface area contributed by atoms with Crippen molar-refractivity contribution in [2.24, 2.45) is 0 Å². The predicted octanol–water partition coefficient (Wildman–Crippen LogP) is 1.87. The van der Waals surface area contributed by atoms with Crippen LogP contribution in [0.4, 0.5) is 0 Å². The van der Waals surface area contributed by atoms with Crippen LogP contribution in [0.25, 0.3) is 11.1 Å². The number of amides is 1. The summed E-state index contributed by atoms with van der Waals surface area (Å²) in [4.78, 5) is 16.0. The van der Waals surface area contributed by atoms with Gasteiger partial charge in [-0.15, -0.1) is 0 Å². The van der Waals surface area contributed by atoms with E-state index in [1.54, 1.807) is 26.3 Å². The van der Waals surface area contributed by atoms with E-state index in [1.165, 1.54) is 6.20 Å². The largest absolute Gasteiger partial charge is 0.497 e. The van der Waals surface area contributed by atoms with E-state index in [0.717, 1.165) is 16.9 Å². The molecule has 0 radical (unpaired) electrons. The van der Waals surface area contributed by atoms with Crippen LogP contribution in [-0.4, -0.2) is 35.8 Å². The summed E-state index contributed by atoms with van der Waals surface area (Å²) in [6.45, 7) is 1.83. The number of pyridine rings is 1. The molecule has 5 nitrogen and oxygen atoms in total. The molecule has 1 heterocycles. The Labute approximate surface area is 123 Å². The molecule has 1 aromatic carbocycles. The lowest BCUT2D eigenvalue weighted by Gasteiger charge is -2.08. The average Bonchev–Trinajstić information content (AvgIpc) is 2.52. The van der Waals surface area contributed by atoms with E-state index in [0.29, 0.717) is 5.56 Å². The van der Waals surface area contributed by atoms with Gasteiger partial charge in [-0.2, -0.15) is 0 Å². The van der Waals surface area contributed by atoms with Crippen molar-refractivity contribution in [3.05, 3.63) is 48.3 Å². The second-order valence-electron chi connectivity index (χ2n) is 4.75. The van der Waals surface area contributed by atoms with Crippen molar-refractivity contribution >= 4 is 5.91 Å². The molecule has 21 heavy (non-hydrogen) atoms. The van der Waals surface area contributed by atoms with E-state index >= 15 is 0 Å². The summed E-state index contributed by atoms with van der Waals surface area (Å²) in [5.41, 5.74) is 2.26. The third-order valence-electron chi connectivity index (χ3n) is 2.98. The molecule has 0 spiro atoms. The first-order valence-corrected chi connectivity index (χ1v) is 6.66. The first kappa shape index (κ1) is 15.0. The van der Waals surface area contributed by atoms with Crippen LogP contribution in [0, 0.1) is 0 Å². The number of ether oxygens (including phenoxy) is 1.